The fourth-order valence-corrected chi connectivity index (χ4v) is 3.27. The van der Waals surface area contributed by atoms with Crippen LogP contribution in [-0.2, 0) is 0 Å². The SMILES string of the molecule is CC(C)C1N=C(c2ccccc2)C(c2ccccc2)=NC1C(C)C. The van der Waals surface area contributed by atoms with E-state index in [9.17, 15) is 0 Å². The van der Waals surface area contributed by atoms with Gasteiger partial charge in [0.25, 0.3) is 0 Å². The normalized spacial score (nSPS) is 20.9. The molecule has 1 heterocycles. The first-order valence-electron chi connectivity index (χ1n) is 8.84. The Hall–Kier alpha value is -2.22. The van der Waals surface area contributed by atoms with Crippen LogP contribution in [-0.4, -0.2) is 23.5 Å². The lowest BCUT2D eigenvalue weighted by molar-refractivity contribution is 0.349. The van der Waals surface area contributed by atoms with Crippen LogP contribution < -0.4 is 0 Å². The summed E-state index contributed by atoms with van der Waals surface area (Å²) in [6.07, 6.45) is 0. The third-order valence-corrected chi connectivity index (χ3v) is 4.59. The molecule has 0 aromatic heterocycles. The zero-order valence-corrected chi connectivity index (χ0v) is 15.0. The van der Waals surface area contributed by atoms with Crippen LogP contribution in [0.3, 0.4) is 0 Å². The Labute approximate surface area is 145 Å². The standard InChI is InChI=1S/C22H26N2/c1-15(2)19-20(16(3)4)24-22(18-13-9-6-10-14-18)21(23-19)17-11-7-5-8-12-17/h5-16,19-20H,1-4H3. The number of rotatable bonds is 4. The molecule has 2 nitrogen and oxygen atoms in total. The molecule has 1 aliphatic rings. The van der Waals surface area contributed by atoms with Gasteiger partial charge in [-0.25, -0.2) is 0 Å². The highest BCUT2D eigenvalue weighted by atomic mass is 15.0. The van der Waals surface area contributed by atoms with Crippen LogP contribution in [0.2, 0.25) is 0 Å². The fraction of sp³-hybridized carbons (Fsp3) is 0.364. The van der Waals surface area contributed by atoms with Gasteiger partial charge in [0.15, 0.2) is 0 Å². The molecule has 2 atom stereocenters. The van der Waals surface area contributed by atoms with E-state index >= 15 is 0 Å². The van der Waals surface area contributed by atoms with Gasteiger partial charge in [0.1, 0.15) is 0 Å². The average Bonchev–Trinajstić information content (AvgIpc) is 2.62. The van der Waals surface area contributed by atoms with Crippen LogP contribution in [0.5, 0.6) is 0 Å². The second-order valence-electron chi connectivity index (χ2n) is 7.16. The minimum Gasteiger partial charge on any atom is -0.277 e. The Morgan fingerprint density at radius 1 is 0.583 bits per heavy atom. The van der Waals surface area contributed by atoms with E-state index in [1.54, 1.807) is 0 Å². The Morgan fingerprint density at radius 3 is 1.21 bits per heavy atom. The van der Waals surface area contributed by atoms with Gasteiger partial charge in [0, 0.05) is 11.1 Å². The van der Waals surface area contributed by atoms with Crippen molar-refractivity contribution in [1.29, 1.82) is 0 Å². The van der Waals surface area contributed by atoms with E-state index in [1.165, 1.54) is 0 Å². The van der Waals surface area contributed by atoms with Gasteiger partial charge in [-0.15, -0.1) is 0 Å². The lowest BCUT2D eigenvalue weighted by Gasteiger charge is -2.33. The molecule has 0 fully saturated rings. The molecule has 0 saturated heterocycles. The predicted octanol–water partition coefficient (Wildman–Crippen LogP) is 5.03. The molecule has 0 radical (unpaired) electrons. The van der Waals surface area contributed by atoms with Crippen LogP contribution in [0.1, 0.15) is 38.8 Å². The van der Waals surface area contributed by atoms with Gasteiger partial charge in [-0.05, 0) is 11.8 Å². The minimum absolute atomic E-state index is 0.229. The summed E-state index contributed by atoms with van der Waals surface area (Å²) in [5.41, 5.74) is 4.34. The topological polar surface area (TPSA) is 24.7 Å². The Morgan fingerprint density at radius 2 is 0.917 bits per heavy atom. The molecule has 2 aromatic carbocycles. The molecule has 0 aliphatic carbocycles. The fourth-order valence-electron chi connectivity index (χ4n) is 3.27. The molecule has 124 valence electrons. The first-order chi connectivity index (χ1) is 11.6. The molecule has 2 aromatic rings. The van der Waals surface area contributed by atoms with Crippen LogP contribution in [0.15, 0.2) is 70.6 Å². The van der Waals surface area contributed by atoms with E-state index in [1.807, 2.05) is 12.1 Å². The monoisotopic (exact) mass is 318 g/mol. The molecule has 3 rings (SSSR count). The summed E-state index contributed by atoms with van der Waals surface area (Å²) < 4.78 is 0. The molecular formula is C22H26N2. The smallest absolute Gasteiger partial charge is 0.0909 e. The zero-order valence-electron chi connectivity index (χ0n) is 15.0. The highest BCUT2D eigenvalue weighted by Crippen LogP contribution is 2.27. The molecule has 24 heavy (non-hydrogen) atoms. The number of aliphatic imine (C=N–C) groups is 2. The second-order valence-corrected chi connectivity index (χ2v) is 7.16. The molecule has 0 saturated carbocycles. The molecule has 0 bridgehead atoms. The summed E-state index contributed by atoms with van der Waals surface area (Å²) in [5.74, 6) is 0.939. The van der Waals surface area contributed by atoms with Gasteiger partial charge >= 0.3 is 0 Å². The lowest BCUT2D eigenvalue weighted by atomic mass is 9.86. The third-order valence-electron chi connectivity index (χ3n) is 4.59. The van der Waals surface area contributed by atoms with E-state index in [0.717, 1.165) is 22.6 Å². The maximum absolute atomic E-state index is 5.20. The predicted molar refractivity (Wildman–Crippen MR) is 103 cm³/mol. The van der Waals surface area contributed by atoms with Gasteiger partial charge < -0.3 is 0 Å². The van der Waals surface area contributed by atoms with E-state index in [2.05, 4.69) is 76.2 Å². The summed E-state index contributed by atoms with van der Waals surface area (Å²) in [6.45, 7) is 8.98. The molecule has 0 N–H and O–H groups in total. The summed E-state index contributed by atoms with van der Waals surface area (Å²) in [6, 6.07) is 21.3. The maximum atomic E-state index is 5.20. The van der Waals surface area contributed by atoms with Crippen molar-refractivity contribution < 1.29 is 0 Å². The van der Waals surface area contributed by atoms with Crippen molar-refractivity contribution >= 4 is 11.4 Å². The maximum Gasteiger partial charge on any atom is 0.0909 e. The summed E-state index contributed by atoms with van der Waals surface area (Å²) in [5, 5.41) is 0. The van der Waals surface area contributed by atoms with Crippen molar-refractivity contribution in [2.75, 3.05) is 0 Å². The van der Waals surface area contributed by atoms with Crippen LogP contribution in [0.25, 0.3) is 0 Å². The molecule has 2 heteroatoms. The molecule has 1 aliphatic heterocycles. The Kier molecular flexibility index (Phi) is 4.94. The number of hydrogen-bond donors (Lipinski definition) is 0. The Bertz CT molecular complexity index is 662. The number of nitrogens with zero attached hydrogens (tertiary/aromatic N) is 2. The van der Waals surface area contributed by atoms with Crippen LogP contribution >= 0.6 is 0 Å². The number of hydrogen-bond acceptors (Lipinski definition) is 2. The van der Waals surface area contributed by atoms with Gasteiger partial charge in [-0.1, -0.05) is 88.4 Å². The highest BCUT2D eigenvalue weighted by molar-refractivity contribution is 6.53. The third kappa shape index (κ3) is 3.33. The van der Waals surface area contributed by atoms with Gasteiger partial charge in [-0.2, -0.15) is 0 Å². The van der Waals surface area contributed by atoms with Crippen molar-refractivity contribution in [2.24, 2.45) is 21.8 Å². The van der Waals surface area contributed by atoms with Crippen molar-refractivity contribution in [1.82, 2.24) is 0 Å². The largest absolute Gasteiger partial charge is 0.277 e. The van der Waals surface area contributed by atoms with Crippen molar-refractivity contribution in [3.8, 4) is 0 Å². The molecule has 0 amide bonds. The van der Waals surface area contributed by atoms with Crippen molar-refractivity contribution in [2.45, 2.75) is 39.8 Å². The number of benzene rings is 2. The van der Waals surface area contributed by atoms with Crippen LogP contribution in [0.4, 0.5) is 0 Å². The Balaban J connectivity index is 2.14. The minimum atomic E-state index is 0.229. The molecular weight excluding hydrogens is 292 g/mol. The van der Waals surface area contributed by atoms with E-state index in [0.29, 0.717) is 11.8 Å². The lowest BCUT2D eigenvalue weighted by Crippen LogP contribution is -2.40. The van der Waals surface area contributed by atoms with Gasteiger partial charge in [0.05, 0.1) is 23.5 Å². The van der Waals surface area contributed by atoms with E-state index < -0.39 is 0 Å². The van der Waals surface area contributed by atoms with Crippen molar-refractivity contribution in [3.05, 3.63) is 71.8 Å². The van der Waals surface area contributed by atoms with E-state index in [4.69, 9.17) is 9.98 Å². The van der Waals surface area contributed by atoms with Crippen molar-refractivity contribution in [3.63, 3.8) is 0 Å². The van der Waals surface area contributed by atoms with E-state index in [-0.39, 0.29) is 12.1 Å². The summed E-state index contributed by atoms with van der Waals surface area (Å²) in [7, 11) is 0. The highest BCUT2D eigenvalue weighted by Gasteiger charge is 2.32. The first-order valence-corrected chi connectivity index (χ1v) is 8.84. The van der Waals surface area contributed by atoms with Gasteiger partial charge in [-0.3, -0.25) is 9.98 Å². The summed E-state index contributed by atoms with van der Waals surface area (Å²) in [4.78, 5) is 10.4. The summed E-state index contributed by atoms with van der Waals surface area (Å²) >= 11 is 0. The molecule has 2 unspecified atom stereocenters. The van der Waals surface area contributed by atoms with Crippen LogP contribution in [0, 0.1) is 11.8 Å². The second kappa shape index (κ2) is 7.12. The van der Waals surface area contributed by atoms with Gasteiger partial charge in [0.2, 0.25) is 0 Å². The average molecular weight is 318 g/mol. The first kappa shape index (κ1) is 16.6. The molecule has 0 spiro atoms. The quantitative estimate of drug-likeness (QED) is 0.755. The zero-order chi connectivity index (χ0) is 17.1.